The van der Waals surface area contributed by atoms with Crippen molar-refractivity contribution in [1.82, 2.24) is 10.6 Å². The molecule has 25 heavy (non-hydrogen) atoms. The second-order valence-electron chi connectivity index (χ2n) is 6.34. The Balaban J connectivity index is 2.91. The van der Waals surface area contributed by atoms with Crippen molar-refractivity contribution < 1.29 is 24.2 Å². The highest BCUT2D eigenvalue weighted by atomic mass is 35.5. The molecule has 4 N–H and O–H groups in total. The largest absolute Gasteiger partial charge is 0.480 e. The summed E-state index contributed by atoms with van der Waals surface area (Å²) in [6.07, 6.45) is 0. The van der Waals surface area contributed by atoms with Gasteiger partial charge in [-0.1, -0.05) is 11.6 Å². The van der Waals surface area contributed by atoms with E-state index in [0.717, 1.165) is 0 Å². The van der Waals surface area contributed by atoms with E-state index in [1.807, 2.05) is 20.8 Å². The van der Waals surface area contributed by atoms with Gasteiger partial charge in [-0.2, -0.15) is 0 Å². The Hall–Kier alpha value is -2.32. The van der Waals surface area contributed by atoms with E-state index in [0.29, 0.717) is 5.69 Å². The van der Waals surface area contributed by atoms with E-state index in [1.54, 1.807) is 0 Å². The van der Waals surface area contributed by atoms with Gasteiger partial charge < -0.3 is 25.8 Å². The maximum atomic E-state index is 12.3. The van der Waals surface area contributed by atoms with Gasteiger partial charge >= 0.3 is 12.0 Å². The Kier molecular flexibility index (Phi) is 7.20. The molecule has 0 aliphatic carbocycles. The molecule has 1 aromatic rings. The molecule has 0 heterocycles. The minimum Gasteiger partial charge on any atom is -0.480 e. The average Bonchev–Trinajstić information content (AvgIpc) is 2.46. The van der Waals surface area contributed by atoms with Gasteiger partial charge in [-0.3, -0.25) is 4.79 Å². The number of carboxylic acids is 1. The molecular weight excluding hydrogens is 350 g/mol. The molecular formula is C16H22ClN3O5. The van der Waals surface area contributed by atoms with Crippen LogP contribution >= 0.6 is 11.6 Å². The van der Waals surface area contributed by atoms with Gasteiger partial charge in [-0.15, -0.1) is 0 Å². The molecule has 138 valence electrons. The topological polar surface area (TPSA) is 117 Å². The van der Waals surface area contributed by atoms with Crippen LogP contribution in [0.25, 0.3) is 0 Å². The van der Waals surface area contributed by atoms with Crippen LogP contribution in [0, 0.1) is 0 Å². The highest BCUT2D eigenvalue weighted by Crippen LogP contribution is 2.21. The predicted molar refractivity (Wildman–Crippen MR) is 94.1 cm³/mol. The van der Waals surface area contributed by atoms with E-state index in [-0.39, 0.29) is 17.2 Å². The average molecular weight is 372 g/mol. The fourth-order valence-electron chi connectivity index (χ4n) is 1.86. The van der Waals surface area contributed by atoms with Gasteiger partial charge in [0.05, 0.1) is 17.2 Å². The fourth-order valence-corrected chi connectivity index (χ4v) is 2.06. The van der Waals surface area contributed by atoms with Gasteiger partial charge in [0.15, 0.2) is 6.04 Å². The molecule has 0 spiro atoms. The van der Waals surface area contributed by atoms with Crippen LogP contribution in [0.2, 0.25) is 5.02 Å². The Morgan fingerprint density at radius 3 is 2.44 bits per heavy atom. The highest BCUT2D eigenvalue weighted by molar-refractivity contribution is 6.34. The number of urea groups is 1. The van der Waals surface area contributed by atoms with Crippen LogP contribution in [0.1, 0.15) is 31.1 Å². The molecule has 0 radical (unpaired) electrons. The van der Waals surface area contributed by atoms with Crippen LogP contribution in [0.4, 0.5) is 10.5 Å². The summed E-state index contributed by atoms with van der Waals surface area (Å²) in [5, 5.41) is 16.8. The predicted octanol–water partition coefficient (Wildman–Crippen LogP) is 2.09. The zero-order chi connectivity index (χ0) is 19.2. The van der Waals surface area contributed by atoms with E-state index in [2.05, 4.69) is 16.0 Å². The zero-order valence-electron chi connectivity index (χ0n) is 14.5. The number of carbonyl (C=O) groups is 3. The van der Waals surface area contributed by atoms with Crippen LogP contribution in [-0.2, 0) is 9.53 Å². The number of rotatable bonds is 6. The minimum atomic E-state index is -1.23. The van der Waals surface area contributed by atoms with Gasteiger partial charge in [0.25, 0.3) is 5.91 Å². The van der Waals surface area contributed by atoms with Crippen molar-refractivity contribution in [2.24, 2.45) is 0 Å². The van der Waals surface area contributed by atoms with Crippen molar-refractivity contribution in [3.63, 3.8) is 0 Å². The number of hydrogen-bond donors (Lipinski definition) is 4. The number of nitrogens with one attached hydrogen (secondary N) is 3. The Bertz CT molecular complexity index is 658. The first-order chi connectivity index (χ1) is 11.5. The lowest BCUT2D eigenvalue weighted by Gasteiger charge is -2.21. The standard InChI is InChI=1S/C16H22ClN3O5/c1-16(2,3)20-15(24)18-9-5-6-11(17)10(7-9)13(21)19-12(8-25-4)14(22)23/h5-7,12H,8H2,1-4H3,(H,19,21)(H,22,23)(H2,18,20,24). The first kappa shape index (κ1) is 20.7. The molecule has 0 aromatic heterocycles. The summed E-state index contributed by atoms with van der Waals surface area (Å²) in [5.41, 5.74) is -0.0431. The Labute approximate surface area is 150 Å². The Morgan fingerprint density at radius 2 is 1.92 bits per heavy atom. The molecule has 0 aliphatic rings. The first-order valence-corrected chi connectivity index (χ1v) is 7.82. The van der Waals surface area contributed by atoms with Gasteiger partial charge in [0.2, 0.25) is 0 Å². The number of carboxylic acid groups (broad SMARTS) is 1. The summed E-state index contributed by atoms with van der Waals surface area (Å²) < 4.78 is 4.76. The minimum absolute atomic E-state index is 0.0394. The maximum Gasteiger partial charge on any atom is 0.328 e. The summed E-state index contributed by atoms with van der Waals surface area (Å²) in [6.45, 7) is 5.30. The number of benzene rings is 1. The molecule has 1 unspecified atom stereocenters. The highest BCUT2D eigenvalue weighted by Gasteiger charge is 2.22. The molecule has 3 amide bonds. The summed E-state index contributed by atoms with van der Waals surface area (Å²) in [4.78, 5) is 35.3. The number of halogens is 1. The van der Waals surface area contributed by atoms with Gasteiger partial charge in [0, 0.05) is 18.3 Å². The van der Waals surface area contributed by atoms with Gasteiger partial charge in [0.1, 0.15) is 0 Å². The molecule has 9 heteroatoms. The quantitative estimate of drug-likeness (QED) is 0.611. The number of anilines is 1. The summed E-state index contributed by atoms with van der Waals surface area (Å²) in [6, 6.07) is 2.69. The molecule has 0 aliphatic heterocycles. The van der Waals surface area contributed by atoms with Crippen molar-refractivity contribution in [3.05, 3.63) is 28.8 Å². The van der Waals surface area contributed by atoms with E-state index in [9.17, 15) is 14.4 Å². The van der Waals surface area contributed by atoms with Crippen molar-refractivity contribution in [3.8, 4) is 0 Å². The molecule has 0 fully saturated rings. The van der Waals surface area contributed by atoms with Crippen LogP contribution in [-0.4, -0.2) is 48.3 Å². The number of hydrogen-bond acceptors (Lipinski definition) is 4. The monoisotopic (exact) mass is 371 g/mol. The Morgan fingerprint density at radius 1 is 1.28 bits per heavy atom. The summed E-state index contributed by atoms with van der Waals surface area (Å²) in [5.74, 6) is -1.92. The lowest BCUT2D eigenvalue weighted by molar-refractivity contribution is -0.140. The first-order valence-electron chi connectivity index (χ1n) is 7.45. The zero-order valence-corrected chi connectivity index (χ0v) is 15.2. The second kappa shape index (κ2) is 8.68. The smallest absolute Gasteiger partial charge is 0.328 e. The van der Waals surface area contributed by atoms with Crippen LogP contribution in [0.15, 0.2) is 18.2 Å². The third-order valence-corrected chi connectivity index (χ3v) is 3.22. The molecule has 1 aromatic carbocycles. The summed E-state index contributed by atoms with van der Waals surface area (Å²) in [7, 11) is 1.33. The molecule has 8 nitrogen and oxygen atoms in total. The van der Waals surface area contributed by atoms with E-state index in [1.165, 1.54) is 25.3 Å². The fraction of sp³-hybridized carbons (Fsp3) is 0.438. The number of amides is 3. The molecule has 0 saturated carbocycles. The maximum absolute atomic E-state index is 12.3. The van der Waals surface area contributed by atoms with Gasteiger partial charge in [-0.05, 0) is 39.0 Å². The lowest BCUT2D eigenvalue weighted by Crippen LogP contribution is -2.44. The van der Waals surface area contributed by atoms with Crippen LogP contribution in [0.3, 0.4) is 0 Å². The second-order valence-corrected chi connectivity index (χ2v) is 6.75. The molecule has 0 bridgehead atoms. The molecule has 1 atom stereocenters. The lowest BCUT2D eigenvalue weighted by atomic mass is 10.1. The number of carbonyl (C=O) groups excluding carboxylic acids is 2. The SMILES string of the molecule is COCC(NC(=O)c1cc(NC(=O)NC(C)(C)C)ccc1Cl)C(=O)O. The van der Waals surface area contributed by atoms with E-state index < -0.39 is 29.5 Å². The van der Waals surface area contributed by atoms with Crippen LogP contribution < -0.4 is 16.0 Å². The van der Waals surface area contributed by atoms with Crippen LogP contribution in [0.5, 0.6) is 0 Å². The molecule has 1 rings (SSSR count). The number of aliphatic carboxylic acids is 1. The van der Waals surface area contributed by atoms with Crippen molar-refractivity contribution in [1.29, 1.82) is 0 Å². The van der Waals surface area contributed by atoms with Crippen molar-refractivity contribution in [2.75, 3.05) is 19.0 Å². The van der Waals surface area contributed by atoms with E-state index in [4.69, 9.17) is 21.4 Å². The van der Waals surface area contributed by atoms with Gasteiger partial charge in [-0.25, -0.2) is 9.59 Å². The van der Waals surface area contributed by atoms with Crippen molar-refractivity contribution >= 4 is 35.2 Å². The third kappa shape index (κ3) is 6.98. The van der Waals surface area contributed by atoms with Crippen molar-refractivity contribution in [2.45, 2.75) is 32.4 Å². The normalized spacial score (nSPS) is 12.2. The van der Waals surface area contributed by atoms with E-state index >= 15 is 0 Å². The number of ether oxygens (including phenoxy) is 1. The molecule has 0 saturated heterocycles. The summed E-state index contributed by atoms with van der Waals surface area (Å²) >= 11 is 6.01. The third-order valence-electron chi connectivity index (χ3n) is 2.89. The number of methoxy groups -OCH3 is 1.